The number of anilines is 1. The molecule has 0 aromatic heterocycles. The van der Waals surface area contributed by atoms with Gasteiger partial charge in [-0.1, -0.05) is 24.3 Å². The molecule has 0 heterocycles. The molecule has 0 spiro atoms. The van der Waals surface area contributed by atoms with Gasteiger partial charge in [0.05, 0.1) is 0 Å². The fourth-order valence-corrected chi connectivity index (χ4v) is 2.31. The zero-order chi connectivity index (χ0) is 18.1. The maximum absolute atomic E-state index is 12.2. The smallest absolute Gasteiger partial charge is 0.255 e. The predicted molar refractivity (Wildman–Crippen MR) is 97.8 cm³/mol. The molecule has 2 aromatic carbocycles. The van der Waals surface area contributed by atoms with Gasteiger partial charge in [-0.15, -0.1) is 0 Å². The van der Waals surface area contributed by atoms with Crippen molar-refractivity contribution >= 4 is 17.5 Å². The van der Waals surface area contributed by atoms with E-state index in [4.69, 9.17) is 10.5 Å². The molecule has 0 saturated carbocycles. The lowest BCUT2D eigenvalue weighted by atomic mass is 10.2. The van der Waals surface area contributed by atoms with Gasteiger partial charge in [0.15, 0.2) is 6.61 Å². The Kier molecular flexibility index (Phi) is 6.83. The molecule has 0 bridgehead atoms. The van der Waals surface area contributed by atoms with E-state index in [9.17, 15) is 9.59 Å². The molecule has 132 valence electrons. The molecule has 0 aliphatic carbocycles. The first-order chi connectivity index (χ1) is 12.1. The number of primary amides is 1. The summed E-state index contributed by atoms with van der Waals surface area (Å²) in [4.78, 5) is 25.1. The third-order valence-corrected chi connectivity index (χ3v) is 3.63. The zero-order valence-corrected chi connectivity index (χ0v) is 14.3. The molecule has 6 nitrogen and oxygen atoms in total. The quantitative estimate of drug-likeness (QED) is 0.681. The molecule has 0 aliphatic heterocycles. The molecule has 0 saturated heterocycles. The average molecular weight is 341 g/mol. The number of nitrogens with one attached hydrogen (secondary N) is 1. The molecule has 3 N–H and O–H groups in total. The number of carbonyl (C=O) groups is 2. The highest BCUT2D eigenvalue weighted by molar-refractivity contribution is 5.94. The monoisotopic (exact) mass is 341 g/mol. The van der Waals surface area contributed by atoms with Gasteiger partial charge >= 0.3 is 0 Å². The summed E-state index contributed by atoms with van der Waals surface area (Å²) in [6.45, 7) is 1.20. The van der Waals surface area contributed by atoms with Gasteiger partial charge in [-0.05, 0) is 36.8 Å². The number of nitrogens with two attached hydrogens (primary N) is 1. The van der Waals surface area contributed by atoms with Crippen molar-refractivity contribution in [1.82, 2.24) is 5.32 Å². The van der Waals surface area contributed by atoms with Crippen LogP contribution in [0.3, 0.4) is 0 Å². The normalized spacial score (nSPS) is 10.1. The van der Waals surface area contributed by atoms with E-state index >= 15 is 0 Å². The van der Waals surface area contributed by atoms with Gasteiger partial charge in [0.25, 0.3) is 11.8 Å². The van der Waals surface area contributed by atoms with E-state index < -0.39 is 5.91 Å². The molecule has 6 heteroatoms. The molecule has 2 rings (SSSR count). The molecule has 0 radical (unpaired) electrons. The summed E-state index contributed by atoms with van der Waals surface area (Å²) in [5, 5.41) is 2.89. The molecule has 0 fully saturated rings. The van der Waals surface area contributed by atoms with Crippen LogP contribution in [0.5, 0.6) is 5.75 Å². The molecule has 0 atom stereocenters. The van der Waals surface area contributed by atoms with E-state index in [0.29, 0.717) is 17.9 Å². The van der Waals surface area contributed by atoms with Gasteiger partial charge < -0.3 is 20.7 Å². The molecule has 2 amide bonds. The van der Waals surface area contributed by atoms with Crippen LogP contribution in [-0.4, -0.2) is 38.6 Å². The predicted octanol–water partition coefficient (Wildman–Crippen LogP) is 1.81. The van der Waals surface area contributed by atoms with Crippen molar-refractivity contribution in [2.45, 2.75) is 6.42 Å². The highest BCUT2D eigenvalue weighted by Crippen LogP contribution is 2.13. The van der Waals surface area contributed by atoms with Crippen LogP contribution in [-0.2, 0) is 4.79 Å². The SMILES string of the molecule is CN(CCCNC(=O)c1cccc(OCC(N)=O)c1)c1ccccc1. The molecule has 25 heavy (non-hydrogen) atoms. The van der Waals surface area contributed by atoms with Crippen LogP contribution in [0.15, 0.2) is 54.6 Å². The van der Waals surface area contributed by atoms with E-state index in [2.05, 4.69) is 22.3 Å². The van der Waals surface area contributed by atoms with Crippen molar-refractivity contribution in [2.24, 2.45) is 5.73 Å². The van der Waals surface area contributed by atoms with Crippen molar-refractivity contribution < 1.29 is 14.3 Å². The van der Waals surface area contributed by atoms with Crippen LogP contribution in [0.25, 0.3) is 0 Å². The largest absolute Gasteiger partial charge is 0.484 e. The Bertz CT molecular complexity index is 704. The van der Waals surface area contributed by atoms with Crippen LogP contribution in [0, 0.1) is 0 Å². The lowest BCUT2D eigenvalue weighted by Gasteiger charge is -2.19. The van der Waals surface area contributed by atoms with E-state index in [1.807, 2.05) is 25.2 Å². The van der Waals surface area contributed by atoms with Gasteiger partial charge in [0.2, 0.25) is 0 Å². The second-order valence-electron chi connectivity index (χ2n) is 5.65. The number of nitrogens with zero attached hydrogens (tertiary/aromatic N) is 1. The number of amides is 2. The van der Waals surface area contributed by atoms with Gasteiger partial charge in [-0.2, -0.15) is 0 Å². The number of rotatable bonds is 9. The lowest BCUT2D eigenvalue weighted by molar-refractivity contribution is -0.119. The first kappa shape index (κ1) is 18.3. The van der Waals surface area contributed by atoms with Crippen LogP contribution in [0.1, 0.15) is 16.8 Å². The summed E-state index contributed by atoms with van der Waals surface area (Å²) in [7, 11) is 2.02. The van der Waals surface area contributed by atoms with Crippen molar-refractivity contribution in [3.05, 3.63) is 60.2 Å². The van der Waals surface area contributed by atoms with Crippen LogP contribution in [0.4, 0.5) is 5.69 Å². The number of hydrogen-bond acceptors (Lipinski definition) is 4. The van der Waals surface area contributed by atoms with Crippen LogP contribution >= 0.6 is 0 Å². The van der Waals surface area contributed by atoms with E-state index in [1.54, 1.807) is 24.3 Å². The first-order valence-corrected chi connectivity index (χ1v) is 8.12. The first-order valence-electron chi connectivity index (χ1n) is 8.12. The topological polar surface area (TPSA) is 84.7 Å². The highest BCUT2D eigenvalue weighted by Gasteiger charge is 2.07. The summed E-state index contributed by atoms with van der Waals surface area (Å²) in [6.07, 6.45) is 0.828. The zero-order valence-electron chi connectivity index (χ0n) is 14.3. The minimum Gasteiger partial charge on any atom is -0.484 e. The summed E-state index contributed by atoms with van der Waals surface area (Å²) in [5.74, 6) is -0.292. The number of carbonyl (C=O) groups excluding carboxylic acids is 2. The van der Waals surface area contributed by atoms with Crippen LogP contribution < -0.4 is 20.7 Å². The Balaban J connectivity index is 1.76. The Labute approximate surface area is 147 Å². The summed E-state index contributed by atoms with van der Waals surface area (Å²) >= 11 is 0. The van der Waals surface area contributed by atoms with Crippen molar-refractivity contribution in [2.75, 3.05) is 31.6 Å². The van der Waals surface area contributed by atoms with Gasteiger partial charge in [-0.25, -0.2) is 0 Å². The van der Waals surface area contributed by atoms with E-state index in [-0.39, 0.29) is 12.5 Å². The number of para-hydroxylation sites is 1. The van der Waals surface area contributed by atoms with Crippen LogP contribution in [0.2, 0.25) is 0 Å². The third-order valence-electron chi connectivity index (χ3n) is 3.63. The average Bonchev–Trinajstić information content (AvgIpc) is 2.64. The fourth-order valence-electron chi connectivity index (χ4n) is 2.31. The lowest BCUT2D eigenvalue weighted by Crippen LogP contribution is -2.28. The van der Waals surface area contributed by atoms with Crippen molar-refractivity contribution in [3.8, 4) is 5.75 Å². The fraction of sp³-hybridized carbons (Fsp3) is 0.263. The second kappa shape index (κ2) is 9.32. The highest BCUT2D eigenvalue weighted by atomic mass is 16.5. The number of benzene rings is 2. The van der Waals surface area contributed by atoms with Crippen molar-refractivity contribution in [3.63, 3.8) is 0 Å². The number of hydrogen-bond donors (Lipinski definition) is 2. The Morgan fingerprint density at radius 3 is 2.60 bits per heavy atom. The molecular formula is C19H23N3O3. The maximum Gasteiger partial charge on any atom is 0.255 e. The summed E-state index contributed by atoms with van der Waals surface area (Å²) in [6, 6.07) is 16.8. The van der Waals surface area contributed by atoms with E-state index in [0.717, 1.165) is 18.7 Å². The Morgan fingerprint density at radius 2 is 1.88 bits per heavy atom. The third kappa shape index (κ3) is 6.18. The maximum atomic E-state index is 12.2. The molecule has 0 aliphatic rings. The van der Waals surface area contributed by atoms with E-state index in [1.165, 1.54) is 0 Å². The number of ether oxygens (including phenoxy) is 1. The Morgan fingerprint density at radius 1 is 1.12 bits per heavy atom. The Hall–Kier alpha value is -3.02. The summed E-state index contributed by atoms with van der Waals surface area (Å²) in [5.41, 5.74) is 6.67. The minimum absolute atomic E-state index is 0.174. The molecular weight excluding hydrogens is 318 g/mol. The standard InChI is InChI=1S/C19H23N3O3/c1-22(16-8-3-2-4-9-16)12-6-11-21-19(24)15-7-5-10-17(13-15)25-14-18(20)23/h2-5,7-10,13H,6,11-12,14H2,1H3,(H2,20,23)(H,21,24). The molecule has 2 aromatic rings. The summed E-state index contributed by atoms with van der Waals surface area (Å²) < 4.78 is 5.20. The van der Waals surface area contributed by atoms with Gasteiger partial charge in [0.1, 0.15) is 5.75 Å². The minimum atomic E-state index is -0.558. The second-order valence-corrected chi connectivity index (χ2v) is 5.65. The van der Waals surface area contributed by atoms with Crippen molar-refractivity contribution in [1.29, 1.82) is 0 Å². The molecule has 0 unspecified atom stereocenters. The van der Waals surface area contributed by atoms with Gasteiger partial charge in [-0.3, -0.25) is 9.59 Å². The van der Waals surface area contributed by atoms with Gasteiger partial charge in [0, 0.05) is 31.4 Å².